The summed E-state index contributed by atoms with van der Waals surface area (Å²) in [6.07, 6.45) is 1.00. The first-order valence-electron chi connectivity index (χ1n) is 6.01. The largest absolute Gasteiger partial charge is 0.382 e. The first-order chi connectivity index (χ1) is 8.74. The zero-order chi connectivity index (χ0) is 12.5. The van der Waals surface area contributed by atoms with Crippen molar-refractivity contribution in [2.75, 3.05) is 11.9 Å². The lowest BCUT2D eigenvalue weighted by atomic mass is 9.77. The Morgan fingerprint density at radius 2 is 1.94 bits per heavy atom. The van der Waals surface area contributed by atoms with E-state index in [4.69, 9.17) is 0 Å². The molecule has 0 fully saturated rings. The number of anilines is 1. The number of halogens is 2. The van der Waals surface area contributed by atoms with Gasteiger partial charge in [0.25, 0.3) is 0 Å². The van der Waals surface area contributed by atoms with E-state index >= 15 is 0 Å². The summed E-state index contributed by atoms with van der Waals surface area (Å²) >= 11 is 0. The Hall–Kier alpha value is -1.90. The van der Waals surface area contributed by atoms with Gasteiger partial charge in [0, 0.05) is 12.5 Å². The molecule has 1 nitrogen and oxygen atoms in total. The van der Waals surface area contributed by atoms with E-state index in [1.54, 1.807) is 0 Å². The molecule has 1 aliphatic carbocycles. The lowest BCUT2D eigenvalue weighted by molar-refractivity contribution is 0.595. The fraction of sp³-hybridized carbons (Fsp3) is 0.200. The van der Waals surface area contributed by atoms with Gasteiger partial charge in [0.05, 0.1) is 5.69 Å². The summed E-state index contributed by atoms with van der Waals surface area (Å²) in [7, 11) is 0. The van der Waals surface area contributed by atoms with Gasteiger partial charge in [-0.05, 0) is 35.7 Å². The molecule has 0 heterocycles. The molecule has 2 aromatic carbocycles. The Bertz CT molecular complexity index is 580. The minimum atomic E-state index is -0.423. The molecule has 18 heavy (non-hydrogen) atoms. The first-order valence-corrected chi connectivity index (χ1v) is 6.01. The lowest BCUT2D eigenvalue weighted by Crippen LogP contribution is -2.24. The molecule has 3 heteroatoms. The topological polar surface area (TPSA) is 12.0 Å². The van der Waals surface area contributed by atoms with Gasteiger partial charge in [-0.2, -0.15) is 0 Å². The highest BCUT2D eigenvalue weighted by atomic mass is 19.1. The van der Waals surface area contributed by atoms with Crippen molar-refractivity contribution >= 4 is 5.69 Å². The molecule has 0 amide bonds. The van der Waals surface area contributed by atoms with Crippen LogP contribution in [0.5, 0.6) is 0 Å². The number of hydrogen-bond acceptors (Lipinski definition) is 1. The van der Waals surface area contributed by atoms with Gasteiger partial charge in [-0.25, -0.2) is 8.78 Å². The SMILES string of the molecule is Fc1ccc(F)c(NCC2Cc3ccccc32)c1. The molecule has 1 atom stereocenters. The molecule has 1 unspecified atom stereocenters. The summed E-state index contributed by atoms with van der Waals surface area (Å²) in [6.45, 7) is 0.636. The van der Waals surface area contributed by atoms with Crippen LogP contribution in [-0.4, -0.2) is 6.54 Å². The van der Waals surface area contributed by atoms with Crippen LogP contribution in [0.15, 0.2) is 42.5 Å². The highest BCUT2D eigenvalue weighted by Gasteiger charge is 2.25. The van der Waals surface area contributed by atoms with Crippen molar-refractivity contribution in [3.8, 4) is 0 Å². The van der Waals surface area contributed by atoms with Crippen LogP contribution in [0.3, 0.4) is 0 Å². The maximum Gasteiger partial charge on any atom is 0.146 e. The van der Waals surface area contributed by atoms with Crippen LogP contribution in [0.1, 0.15) is 17.0 Å². The average molecular weight is 245 g/mol. The smallest absolute Gasteiger partial charge is 0.146 e. The Morgan fingerprint density at radius 3 is 2.78 bits per heavy atom. The second-order valence-corrected chi connectivity index (χ2v) is 4.60. The maximum atomic E-state index is 13.4. The summed E-state index contributed by atoms with van der Waals surface area (Å²) in [4.78, 5) is 0. The van der Waals surface area contributed by atoms with Crippen molar-refractivity contribution < 1.29 is 8.78 Å². The van der Waals surface area contributed by atoms with Gasteiger partial charge in [-0.1, -0.05) is 24.3 Å². The van der Waals surface area contributed by atoms with Gasteiger partial charge < -0.3 is 5.32 Å². The number of benzene rings is 2. The Labute approximate surface area is 104 Å². The molecule has 0 bridgehead atoms. The van der Waals surface area contributed by atoms with Gasteiger partial charge in [-0.15, -0.1) is 0 Å². The molecule has 0 radical (unpaired) electrons. The van der Waals surface area contributed by atoms with Crippen LogP contribution < -0.4 is 5.32 Å². The summed E-state index contributed by atoms with van der Waals surface area (Å²) in [5, 5.41) is 2.98. The average Bonchev–Trinajstić information content (AvgIpc) is 2.34. The summed E-state index contributed by atoms with van der Waals surface area (Å²) < 4.78 is 26.4. The highest BCUT2D eigenvalue weighted by molar-refractivity contribution is 5.47. The second kappa shape index (κ2) is 4.41. The molecule has 1 N–H and O–H groups in total. The number of hydrogen-bond donors (Lipinski definition) is 1. The van der Waals surface area contributed by atoms with Crippen molar-refractivity contribution in [1.82, 2.24) is 0 Å². The monoisotopic (exact) mass is 245 g/mol. The van der Waals surface area contributed by atoms with Gasteiger partial charge >= 0.3 is 0 Å². The Morgan fingerprint density at radius 1 is 1.11 bits per heavy atom. The van der Waals surface area contributed by atoms with E-state index in [-0.39, 0.29) is 5.69 Å². The summed E-state index contributed by atoms with van der Waals surface area (Å²) in [5.74, 6) is -0.444. The quantitative estimate of drug-likeness (QED) is 0.869. The summed E-state index contributed by atoms with van der Waals surface area (Å²) in [5.41, 5.74) is 2.89. The van der Waals surface area contributed by atoms with E-state index in [0.717, 1.165) is 18.6 Å². The highest BCUT2D eigenvalue weighted by Crippen LogP contribution is 2.34. The van der Waals surface area contributed by atoms with Crippen molar-refractivity contribution in [1.29, 1.82) is 0 Å². The fourth-order valence-electron chi connectivity index (χ4n) is 2.41. The van der Waals surface area contributed by atoms with E-state index in [1.165, 1.54) is 17.2 Å². The number of nitrogens with one attached hydrogen (secondary N) is 1. The molecule has 92 valence electrons. The molecule has 0 saturated heterocycles. The predicted octanol–water partition coefficient (Wildman–Crippen LogP) is 3.72. The third-order valence-electron chi connectivity index (χ3n) is 3.43. The molecular formula is C15H13F2N. The normalized spacial score (nSPS) is 16.9. The zero-order valence-electron chi connectivity index (χ0n) is 9.79. The van der Waals surface area contributed by atoms with E-state index in [2.05, 4.69) is 17.4 Å². The molecule has 1 aliphatic rings. The Balaban J connectivity index is 1.68. The number of fused-ring (bicyclic) bond motifs is 1. The minimum Gasteiger partial charge on any atom is -0.382 e. The van der Waals surface area contributed by atoms with E-state index in [1.807, 2.05) is 12.1 Å². The minimum absolute atomic E-state index is 0.236. The lowest BCUT2D eigenvalue weighted by Gasteiger charge is -2.30. The summed E-state index contributed by atoms with van der Waals surface area (Å²) in [6, 6.07) is 11.7. The van der Waals surface area contributed by atoms with Gasteiger partial charge in [0.2, 0.25) is 0 Å². The molecular weight excluding hydrogens is 232 g/mol. The van der Waals surface area contributed by atoms with E-state index in [9.17, 15) is 8.78 Å². The standard InChI is InChI=1S/C15H13F2N/c16-12-5-6-14(17)15(8-12)18-9-11-7-10-3-1-2-4-13(10)11/h1-6,8,11,18H,7,9H2. The number of rotatable bonds is 3. The molecule has 3 rings (SSSR count). The van der Waals surface area contributed by atoms with Crippen molar-refractivity contribution in [3.05, 3.63) is 65.2 Å². The van der Waals surface area contributed by atoms with Gasteiger partial charge in [0.1, 0.15) is 11.6 Å². The van der Waals surface area contributed by atoms with E-state index < -0.39 is 11.6 Å². The van der Waals surface area contributed by atoms with Crippen LogP contribution in [0.25, 0.3) is 0 Å². The van der Waals surface area contributed by atoms with Crippen LogP contribution in [0.2, 0.25) is 0 Å². The second-order valence-electron chi connectivity index (χ2n) is 4.60. The van der Waals surface area contributed by atoms with Crippen LogP contribution in [-0.2, 0) is 6.42 Å². The maximum absolute atomic E-state index is 13.4. The molecule has 0 spiro atoms. The van der Waals surface area contributed by atoms with Gasteiger partial charge in [0.15, 0.2) is 0 Å². The van der Waals surface area contributed by atoms with Crippen LogP contribution in [0, 0.1) is 11.6 Å². The zero-order valence-corrected chi connectivity index (χ0v) is 9.79. The first kappa shape index (κ1) is 11.2. The van der Waals surface area contributed by atoms with Crippen LogP contribution >= 0.6 is 0 Å². The van der Waals surface area contributed by atoms with Crippen molar-refractivity contribution in [2.45, 2.75) is 12.3 Å². The van der Waals surface area contributed by atoms with Crippen molar-refractivity contribution in [3.63, 3.8) is 0 Å². The fourth-order valence-corrected chi connectivity index (χ4v) is 2.41. The molecule has 0 saturated carbocycles. The van der Waals surface area contributed by atoms with E-state index in [0.29, 0.717) is 12.5 Å². The third-order valence-corrected chi connectivity index (χ3v) is 3.43. The van der Waals surface area contributed by atoms with Crippen LogP contribution in [0.4, 0.5) is 14.5 Å². The third kappa shape index (κ3) is 1.96. The predicted molar refractivity (Wildman–Crippen MR) is 67.7 cm³/mol. The van der Waals surface area contributed by atoms with Gasteiger partial charge in [-0.3, -0.25) is 0 Å². The molecule has 2 aromatic rings. The molecule has 0 aromatic heterocycles. The molecule has 0 aliphatic heterocycles. The Kier molecular flexibility index (Phi) is 2.74. The van der Waals surface area contributed by atoms with Crippen molar-refractivity contribution in [2.24, 2.45) is 0 Å².